The molecular weight excluding hydrogens is 282 g/mol. The molecule has 0 spiro atoms. The van der Waals surface area contributed by atoms with Crippen LogP contribution in [0.5, 0.6) is 5.75 Å². The lowest BCUT2D eigenvalue weighted by atomic mass is 10.1. The smallest absolute Gasteiger partial charge is 0.227 e. The number of carbonyl (C=O) groups is 1. The molecule has 0 aliphatic heterocycles. The van der Waals surface area contributed by atoms with Crippen LogP contribution in [-0.4, -0.2) is 28.2 Å². The molecule has 106 valence electrons. The molecule has 0 fully saturated rings. The second-order valence-corrected chi connectivity index (χ2v) is 4.65. The van der Waals surface area contributed by atoms with Gasteiger partial charge in [-0.1, -0.05) is 22.8 Å². The van der Waals surface area contributed by atoms with Crippen molar-refractivity contribution in [2.45, 2.75) is 19.3 Å². The largest absolute Gasteiger partial charge is 0.506 e. The normalized spacial score (nSPS) is 10.5. The van der Waals surface area contributed by atoms with Gasteiger partial charge in [-0.3, -0.25) is 4.79 Å². The molecule has 1 heterocycles. The summed E-state index contributed by atoms with van der Waals surface area (Å²) in [6, 6.07) is 5.02. The van der Waals surface area contributed by atoms with Gasteiger partial charge in [-0.05, 0) is 24.1 Å². The minimum absolute atomic E-state index is 0.0565. The van der Waals surface area contributed by atoms with E-state index in [0.717, 1.165) is 5.56 Å². The van der Waals surface area contributed by atoms with Crippen LogP contribution in [0.15, 0.2) is 22.7 Å². The third kappa shape index (κ3) is 3.71. The summed E-state index contributed by atoms with van der Waals surface area (Å²) in [7, 11) is 1.55. The Balaban J connectivity index is 1.93. The van der Waals surface area contributed by atoms with Gasteiger partial charge in [-0.25, -0.2) is 0 Å². The first-order valence-corrected chi connectivity index (χ1v) is 6.45. The number of aryl methyl sites for hydroxylation is 2. The van der Waals surface area contributed by atoms with Crippen molar-refractivity contribution >= 4 is 17.5 Å². The Morgan fingerprint density at radius 1 is 1.45 bits per heavy atom. The highest BCUT2D eigenvalue weighted by atomic mass is 35.5. The van der Waals surface area contributed by atoms with E-state index in [1.54, 1.807) is 25.2 Å². The summed E-state index contributed by atoms with van der Waals surface area (Å²) < 4.78 is 5.06. The lowest BCUT2D eigenvalue weighted by molar-refractivity contribution is -0.120. The highest BCUT2D eigenvalue weighted by molar-refractivity contribution is 6.32. The molecule has 0 bridgehead atoms. The van der Waals surface area contributed by atoms with Gasteiger partial charge >= 0.3 is 0 Å². The molecule has 2 N–H and O–H groups in total. The number of aromatic nitrogens is 2. The van der Waals surface area contributed by atoms with Crippen molar-refractivity contribution < 1.29 is 14.4 Å². The molecule has 0 atom stereocenters. The number of hydrogen-bond acceptors (Lipinski definition) is 5. The van der Waals surface area contributed by atoms with Crippen LogP contribution in [0.4, 0.5) is 0 Å². The molecule has 1 aromatic heterocycles. The van der Waals surface area contributed by atoms with E-state index in [-0.39, 0.29) is 18.1 Å². The van der Waals surface area contributed by atoms with Crippen LogP contribution >= 0.6 is 11.6 Å². The molecular formula is C13H14ClN3O3. The van der Waals surface area contributed by atoms with Crippen molar-refractivity contribution in [3.63, 3.8) is 0 Å². The maximum atomic E-state index is 11.2. The number of nitrogens with one attached hydrogen (secondary N) is 1. The summed E-state index contributed by atoms with van der Waals surface area (Å²) in [6.07, 6.45) is 1.30. The van der Waals surface area contributed by atoms with Crippen LogP contribution in [-0.2, 0) is 24.1 Å². The van der Waals surface area contributed by atoms with Gasteiger partial charge in [-0.15, -0.1) is 0 Å². The van der Waals surface area contributed by atoms with Gasteiger partial charge in [-0.2, -0.15) is 4.98 Å². The zero-order valence-corrected chi connectivity index (χ0v) is 11.6. The Morgan fingerprint density at radius 2 is 2.25 bits per heavy atom. The number of phenols is 1. The topological polar surface area (TPSA) is 88.2 Å². The summed E-state index contributed by atoms with van der Waals surface area (Å²) in [4.78, 5) is 15.3. The van der Waals surface area contributed by atoms with Crippen LogP contribution in [0, 0.1) is 0 Å². The fourth-order valence-corrected chi connectivity index (χ4v) is 1.86. The molecule has 0 aliphatic rings. The Hall–Kier alpha value is -2.08. The van der Waals surface area contributed by atoms with Gasteiger partial charge in [0.15, 0.2) is 5.82 Å². The minimum Gasteiger partial charge on any atom is -0.506 e. The third-order valence-corrected chi connectivity index (χ3v) is 3.05. The fourth-order valence-electron chi connectivity index (χ4n) is 1.65. The molecule has 2 rings (SSSR count). The van der Waals surface area contributed by atoms with Crippen LogP contribution < -0.4 is 5.32 Å². The number of carbonyl (C=O) groups excluding carboxylic acids is 1. The minimum atomic E-state index is -0.164. The fraction of sp³-hybridized carbons (Fsp3) is 0.308. The number of hydrogen-bond donors (Lipinski definition) is 2. The van der Waals surface area contributed by atoms with Gasteiger partial charge in [0.2, 0.25) is 11.8 Å². The molecule has 0 unspecified atom stereocenters. The van der Waals surface area contributed by atoms with Crippen LogP contribution in [0.1, 0.15) is 17.3 Å². The molecule has 0 saturated carbocycles. The molecule has 0 radical (unpaired) electrons. The maximum Gasteiger partial charge on any atom is 0.227 e. The number of phenolic OH excluding ortho intramolecular Hbond substituents is 1. The third-order valence-electron chi connectivity index (χ3n) is 2.75. The highest BCUT2D eigenvalue weighted by Crippen LogP contribution is 2.24. The van der Waals surface area contributed by atoms with Crippen LogP contribution in [0.25, 0.3) is 0 Å². The maximum absolute atomic E-state index is 11.2. The van der Waals surface area contributed by atoms with Crippen LogP contribution in [0.3, 0.4) is 0 Å². The second kappa shape index (κ2) is 6.38. The summed E-state index contributed by atoms with van der Waals surface area (Å²) in [5, 5.41) is 15.9. The average Bonchev–Trinajstić information content (AvgIpc) is 2.87. The zero-order chi connectivity index (χ0) is 14.5. The SMILES string of the molecule is CNC(=O)Cc1noc(CCc2ccc(O)c(Cl)c2)n1. The number of aromatic hydroxyl groups is 1. The summed E-state index contributed by atoms with van der Waals surface area (Å²) in [6.45, 7) is 0. The van der Waals surface area contributed by atoms with Crippen molar-refractivity contribution in [3.8, 4) is 5.75 Å². The number of halogens is 1. The number of likely N-dealkylation sites (N-methyl/N-ethyl adjacent to an activating group) is 1. The van der Waals surface area contributed by atoms with Crippen molar-refractivity contribution in [3.05, 3.63) is 40.5 Å². The summed E-state index contributed by atoms with van der Waals surface area (Å²) in [5.74, 6) is 0.722. The Kier molecular flexibility index (Phi) is 4.57. The average molecular weight is 296 g/mol. The van der Waals surface area contributed by atoms with Crippen molar-refractivity contribution in [2.24, 2.45) is 0 Å². The number of benzene rings is 1. The highest BCUT2D eigenvalue weighted by Gasteiger charge is 2.10. The molecule has 2 aromatic rings. The first-order valence-electron chi connectivity index (χ1n) is 6.08. The van der Waals surface area contributed by atoms with E-state index in [1.165, 1.54) is 0 Å². The van der Waals surface area contributed by atoms with Gasteiger partial charge in [0, 0.05) is 13.5 Å². The van der Waals surface area contributed by atoms with E-state index in [1.807, 2.05) is 0 Å². The second-order valence-electron chi connectivity index (χ2n) is 4.24. The molecule has 20 heavy (non-hydrogen) atoms. The van der Waals surface area contributed by atoms with E-state index >= 15 is 0 Å². The molecule has 1 amide bonds. The monoisotopic (exact) mass is 295 g/mol. The van der Waals surface area contributed by atoms with E-state index < -0.39 is 0 Å². The van der Waals surface area contributed by atoms with Crippen LogP contribution in [0.2, 0.25) is 5.02 Å². The zero-order valence-electron chi connectivity index (χ0n) is 10.9. The Labute approximate surface area is 120 Å². The Bertz CT molecular complexity index is 613. The molecule has 7 heteroatoms. The molecule has 1 aromatic carbocycles. The van der Waals surface area contributed by atoms with E-state index in [2.05, 4.69) is 15.5 Å². The number of amides is 1. The molecule has 6 nitrogen and oxygen atoms in total. The van der Waals surface area contributed by atoms with Gasteiger partial charge < -0.3 is 14.9 Å². The van der Waals surface area contributed by atoms with E-state index in [4.69, 9.17) is 16.1 Å². The first kappa shape index (κ1) is 14.3. The van der Waals surface area contributed by atoms with Crippen molar-refractivity contribution in [1.82, 2.24) is 15.5 Å². The summed E-state index contributed by atoms with van der Waals surface area (Å²) in [5.41, 5.74) is 0.957. The first-order chi connectivity index (χ1) is 9.58. The van der Waals surface area contributed by atoms with Gasteiger partial charge in [0.25, 0.3) is 0 Å². The van der Waals surface area contributed by atoms with Crippen molar-refractivity contribution in [2.75, 3.05) is 7.05 Å². The lowest BCUT2D eigenvalue weighted by Gasteiger charge is -2.01. The number of nitrogens with zero attached hydrogens (tertiary/aromatic N) is 2. The van der Waals surface area contributed by atoms with Gasteiger partial charge in [0.05, 0.1) is 11.4 Å². The quantitative estimate of drug-likeness (QED) is 0.873. The van der Waals surface area contributed by atoms with Gasteiger partial charge in [0.1, 0.15) is 5.75 Å². The Morgan fingerprint density at radius 3 is 2.95 bits per heavy atom. The van der Waals surface area contributed by atoms with E-state index in [9.17, 15) is 9.90 Å². The lowest BCUT2D eigenvalue weighted by Crippen LogP contribution is -2.20. The predicted octanol–water partition coefficient (Wildman–Crippen LogP) is 1.50. The predicted molar refractivity (Wildman–Crippen MR) is 72.6 cm³/mol. The van der Waals surface area contributed by atoms with Crippen molar-refractivity contribution in [1.29, 1.82) is 0 Å². The number of rotatable bonds is 5. The standard InChI is InChI=1S/C13H14ClN3O3/c1-15-12(19)7-11-16-13(20-17-11)5-3-8-2-4-10(18)9(14)6-8/h2,4,6,18H,3,5,7H2,1H3,(H,15,19). The molecule has 0 aliphatic carbocycles. The molecule has 0 saturated heterocycles. The van der Waals surface area contributed by atoms with E-state index in [0.29, 0.717) is 29.6 Å². The summed E-state index contributed by atoms with van der Waals surface area (Å²) >= 11 is 5.83.